The first-order valence-electron chi connectivity index (χ1n) is 4.68. The minimum Gasteiger partial charge on any atom is -0.298 e. The van der Waals surface area contributed by atoms with E-state index in [9.17, 15) is 4.79 Å². The largest absolute Gasteiger partial charge is 0.298 e. The highest BCUT2D eigenvalue weighted by Gasteiger charge is 2.10. The molecule has 1 heterocycles. The molecule has 17 heavy (non-hydrogen) atoms. The Hall–Kier alpha value is -1.09. The van der Waals surface area contributed by atoms with Crippen LogP contribution in [0.3, 0.4) is 0 Å². The molecular weight excluding hydrogens is 280 g/mol. The van der Waals surface area contributed by atoms with Crippen LogP contribution in [0.4, 0.5) is 0 Å². The van der Waals surface area contributed by atoms with Crippen LogP contribution in [0.25, 0.3) is 11.3 Å². The summed E-state index contributed by atoms with van der Waals surface area (Å²) in [4.78, 5) is 14.8. The highest BCUT2D eigenvalue weighted by molar-refractivity contribution is 6.45. The Morgan fingerprint density at radius 1 is 1.12 bits per heavy atom. The molecule has 0 unspecified atom stereocenters. The van der Waals surface area contributed by atoms with Crippen molar-refractivity contribution in [2.24, 2.45) is 0 Å². The zero-order valence-electron chi connectivity index (χ0n) is 8.45. The van der Waals surface area contributed by atoms with E-state index in [0.29, 0.717) is 31.9 Å². The third kappa shape index (κ3) is 2.60. The minimum absolute atomic E-state index is 0.354. The van der Waals surface area contributed by atoms with E-state index >= 15 is 0 Å². The minimum atomic E-state index is 0.354. The molecule has 0 radical (unpaired) electrons. The fourth-order valence-corrected chi connectivity index (χ4v) is 2.11. The van der Waals surface area contributed by atoms with E-state index in [0.717, 1.165) is 6.29 Å². The van der Waals surface area contributed by atoms with Crippen LogP contribution in [0.1, 0.15) is 10.4 Å². The van der Waals surface area contributed by atoms with Gasteiger partial charge in [0.1, 0.15) is 6.29 Å². The van der Waals surface area contributed by atoms with Crippen molar-refractivity contribution >= 4 is 41.1 Å². The molecule has 1 aromatic heterocycles. The van der Waals surface area contributed by atoms with Crippen LogP contribution in [0.15, 0.2) is 30.5 Å². The molecule has 0 amide bonds. The summed E-state index contributed by atoms with van der Waals surface area (Å²) in [5.41, 5.74) is 1.68. The number of aldehydes is 1. The molecule has 0 saturated heterocycles. The highest BCUT2D eigenvalue weighted by Crippen LogP contribution is 2.35. The maximum Gasteiger partial charge on any atom is 0.150 e. The van der Waals surface area contributed by atoms with Gasteiger partial charge in [-0.25, -0.2) is 0 Å². The smallest absolute Gasteiger partial charge is 0.150 e. The van der Waals surface area contributed by atoms with Gasteiger partial charge in [-0.2, -0.15) is 0 Å². The van der Waals surface area contributed by atoms with E-state index < -0.39 is 0 Å². The third-order valence-corrected chi connectivity index (χ3v) is 3.21. The summed E-state index contributed by atoms with van der Waals surface area (Å²) in [5.74, 6) is 0. The summed E-state index contributed by atoms with van der Waals surface area (Å²) in [6, 6.07) is 6.45. The van der Waals surface area contributed by atoms with Gasteiger partial charge in [-0.1, -0.05) is 34.8 Å². The Morgan fingerprint density at radius 3 is 2.59 bits per heavy atom. The van der Waals surface area contributed by atoms with E-state index in [4.69, 9.17) is 34.8 Å². The standard InChI is InChI=1S/C12H6Cl3NO/c13-8-4-9(12(15)10(14)5-8)11-3-7(6-17)1-2-16-11/h1-6H. The molecule has 86 valence electrons. The van der Waals surface area contributed by atoms with Crippen molar-refractivity contribution in [1.82, 2.24) is 4.98 Å². The van der Waals surface area contributed by atoms with Crippen LogP contribution in [-0.4, -0.2) is 11.3 Å². The summed E-state index contributed by atoms with van der Waals surface area (Å²) >= 11 is 17.9. The molecule has 0 N–H and O–H groups in total. The topological polar surface area (TPSA) is 30.0 Å². The third-order valence-electron chi connectivity index (χ3n) is 2.19. The average molecular weight is 287 g/mol. The van der Waals surface area contributed by atoms with E-state index in [1.54, 1.807) is 24.3 Å². The van der Waals surface area contributed by atoms with Gasteiger partial charge in [0.25, 0.3) is 0 Å². The maximum absolute atomic E-state index is 10.7. The molecule has 0 aliphatic heterocycles. The Balaban J connectivity index is 2.63. The molecule has 0 atom stereocenters. The summed E-state index contributed by atoms with van der Waals surface area (Å²) in [6.45, 7) is 0. The second-order valence-corrected chi connectivity index (χ2v) is 4.56. The number of nitrogens with zero attached hydrogens (tertiary/aromatic N) is 1. The first kappa shape index (κ1) is 12.4. The first-order chi connectivity index (χ1) is 8.11. The van der Waals surface area contributed by atoms with Crippen molar-refractivity contribution in [1.29, 1.82) is 0 Å². The number of benzene rings is 1. The van der Waals surface area contributed by atoms with Crippen molar-refractivity contribution in [2.75, 3.05) is 0 Å². The Bertz CT molecular complexity index is 584. The molecule has 2 aromatic rings. The van der Waals surface area contributed by atoms with E-state index in [1.807, 2.05) is 0 Å². The van der Waals surface area contributed by atoms with E-state index in [-0.39, 0.29) is 0 Å². The zero-order chi connectivity index (χ0) is 12.4. The molecule has 1 aromatic carbocycles. The van der Waals surface area contributed by atoms with Gasteiger partial charge >= 0.3 is 0 Å². The Labute approximate surface area is 113 Å². The van der Waals surface area contributed by atoms with Crippen LogP contribution in [0, 0.1) is 0 Å². The van der Waals surface area contributed by atoms with Gasteiger partial charge in [-0.3, -0.25) is 9.78 Å². The summed E-state index contributed by atoms with van der Waals surface area (Å²) in [5, 5.41) is 1.19. The van der Waals surface area contributed by atoms with Crippen LogP contribution in [0.5, 0.6) is 0 Å². The average Bonchev–Trinajstić information content (AvgIpc) is 2.34. The van der Waals surface area contributed by atoms with E-state index in [2.05, 4.69) is 4.98 Å². The monoisotopic (exact) mass is 285 g/mol. The van der Waals surface area contributed by atoms with E-state index in [1.165, 1.54) is 6.20 Å². The van der Waals surface area contributed by atoms with Crippen molar-refractivity contribution in [3.8, 4) is 11.3 Å². The van der Waals surface area contributed by atoms with Crippen molar-refractivity contribution in [2.45, 2.75) is 0 Å². The van der Waals surface area contributed by atoms with Crippen LogP contribution >= 0.6 is 34.8 Å². The van der Waals surface area contributed by atoms with Gasteiger partial charge in [0, 0.05) is 22.3 Å². The predicted molar refractivity (Wildman–Crippen MR) is 70.1 cm³/mol. The molecule has 0 saturated carbocycles. The molecule has 0 aliphatic rings. The first-order valence-corrected chi connectivity index (χ1v) is 5.81. The number of carbonyl (C=O) groups is 1. The molecular formula is C12H6Cl3NO. The van der Waals surface area contributed by atoms with Gasteiger partial charge in [0.05, 0.1) is 15.7 Å². The lowest BCUT2D eigenvalue weighted by Gasteiger charge is -2.06. The number of pyridine rings is 1. The van der Waals surface area contributed by atoms with Gasteiger partial charge in [0.2, 0.25) is 0 Å². The van der Waals surface area contributed by atoms with Crippen molar-refractivity contribution < 1.29 is 4.79 Å². The second kappa shape index (κ2) is 5.05. The summed E-state index contributed by atoms with van der Waals surface area (Å²) in [7, 11) is 0. The van der Waals surface area contributed by atoms with Crippen LogP contribution in [0.2, 0.25) is 15.1 Å². The fourth-order valence-electron chi connectivity index (χ4n) is 1.41. The van der Waals surface area contributed by atoms with Gasteiger partial charge in [-0.05, 0) is 24.3 Å². The lowest BCUT2D eigenvalue weighted by atomic mass is 10.1. The number of hydrogen-bond acceptors (Lipinski definition) is 2. The lowest BCUT2D eigenvalue weighted by Crippen LogP contribution is -1.88. The molecule has 0 bridgehead atoms. The van der Waals surface area contributed by atoms with Crippen LogP contribution in [-0.2, 0) is 0 Å². The van der Waals surface area contributed by atoms with Gasteiger partial charge in [0.15, 0.2) is 0 Å². The highest BCUT2D eigenvalue weighted by atomic mass is 35.5. The summed E-state index contributed by atoms with van der Waals surface area (Å²) in [6.07, 6.45) is 2.27. The SMILES string of the molecule is O=Cc1ccnc(-c2cc(Cl)cc(Cl)c2Cl)c1. The van der Waals surface area contributed by atoms with Crippen molar-refractivity contribution in [3.05, 3.63) is 51.1 Å². The number of aromatic nitrogens is 1. The summed E-state index contributed by atoms with van der Waals surface area (Å²) < 4.78 is 0. The van der Waals surface area contributed by atoms with Gasteiger partial charge < -0.3 is 0 Å². The molecule has 5 heteroatoms. The molecule has 0 spiro atoms. The molecule has 0 aliphatic carbocycles. The number of carbonyl (C=O) groups excluding carboxylic acids is 1. The van der Waals surface area contributed by atoms with Crippen LogP contribution < -0.4 is 0 Å². The van der Waals surface area contributed by atoms with Crippen molar-refractivity contribution in [3.63, 3.8) is 0 Å². The maximum atomic E-state index is 10.7. The molecule has 2 rings (SSSR count). The molecule has 0 fully saturated rings. The second-order valence-electron chi connectivity index (χ2n) is 3.34. The number of halogens is 3. The lowest BCUT2D eigenvalue weighted by molar-refractivity contribution is 0.112. The quantitative estimate of drug-likeness (QED) is 0.600. The fraction of sp³-hybridized carbons (Fsp3) is 0. The Morgan fingerprint density at radius 2 is 1.88 bits per heavy atom. The number of rotatable bonds is 2. The molecule has 2 nitrogen and oxygen atoms in total. The van der Waals surface area contributed by atoms with Gasteiger partial charge in [-0.15, -0.1) is 0 Å². The zero-order valence-corrected chi connectivity index (χ0v) is 10.7. The predicted octanol–water partition coefficient (Wildman–Crippen LogP) is 4.52. The number of hydrogen-bond donors (Lipinski definition) is 0. The Kier molecular flexibility index (Phi) is 3.67. The normalized spacial score (nSPS) is 10.3.